The number of alkyl halides is 3. The first-order chi connectivity index (χ1) is 35.3. The zero-order valence-electron chi connectivity index (χ0n) is 46.7. The van der Waals surface area contributed by atoms with Gasteiger partial charge in [-0.3, -0.25) is 43.2 Å². The molecule has 0 spiro atoms. The van der Waals surface area contributed by atoms with Crippen LogP contribution in [0.5, 0.6) is 0 Å². The number of benzene rings is 1. The van der Waals surface area contributed by atoms with Gasteiger partial charge in [0, 0.05) is 46.6 Å². The van der Waals surface area contributed by atoms with Gasteiger partial charge in [0.2, 0.25) is 53.2 Å². The lowest BCUT2D eigenvalue weighted by molar-refractivity contribution is -0.153. The molecule has 0 bridgehead atoms. The molecule has 0 saturated carbocycles. The molecule has 0 aliphatic carbocycles. The standard InChI is InChI=1S/C54H86F3N9O10/c1-31(2)25-38(59-43(68)27-33(5)6)47(71)60-40(49(73)65-22-14-13-15-23-65)29-44(69)66-24-16-17-41(66)50(74)64(12)53(10,30-34(7)8)52(76)61-39(28-36-18-20-37(21-19-36)54(55,56)57)48(72)62-45(35(9)67)51(75)63(11)42(46(58)70)26-32(3)4/h18-21,31-35,38-42,45,67H,13-17,22-30H2,1-12H3,(H2,58,70)(H,59,68)(H,60,71)(H,61,76)(H,62,72)/t35-,38?,39?,40+,41+,42+,45+,53+/m1/s1. The topological polar surface area (TPSA) is 261 Å². The third-order valence-corrected chi connectivity index (χ3v) is 14.1. The summed E-state index contributed by atoms with van der Waals surface area (Å²) < 4.78 is 40.8. The predicted molar refractivity (Wildman–Crippen MR) is 279 cm³/mol. The number of piperidine rings is 1. The number of carbonyl (C=O) groups excluding carboxylic acids is 9. The summed E-state index contributed by atoms with van der Waals surface area (Å²) in [5.41, 5.74) is 3.08. The summed E-state index contributed by atoms with van der Waals surface area (Å²) in [5.74, 6) is -6.63. The maximum atomic E-state index is 14.9. The van der Waals surface area contributed by atoms with Crippen molar-refractivity contribution in [1.29, 1.82) is 0 Å². The first-order valence-corrected chi connectivity index (χ1v) is 26.8. The van der Waals surface area contributed by atoms with Crippen LogP contribution in [0.1, 0.15) is 145 Å². The number of hydrogen-bond acceptors (Lipinski definition) is 10. The van der Waals surface area contributed by atoms with Crippen LogP contribution in [0, 0.1) is 23.7 Å². The molecule has 8 atom stereocenters. The van der Waals surface area contributed by atoms with E-state index in [1.54, 1.807) is 32.6 Å². The van der Waals surface area contributed by atoms with Gasteiger partial charge in [0.1, 0.15) is 41.8 Å². The van der Waals surface area contributed by atoms with E-state index in [4.69, 9.17) is 5.73 Å². The SMILES string of the molecule is CC(C)CC(=O)NC(CC(C)C)C(=O)N[C@@H](CC(=O)N1CCC[C@H]1C(=O)N(C)[C@@](C)(CC(C)C)C(=O)NC(Cc1ccc(C(F)(F)F)cc1)C(=O)N[C@H](C(=O)N(C)[C@@H](CC(C)C)C(N)=O)[C@@H](C)O)C(=O)N1CCCCC1. The van der Waals surface area contributed by atoms with Crippen molar-refractivity contribution < 1.29 is 61.4 Å². The third-order valence-electron chi connectivity index (χ3n) is 14.1. The average Bonchev–Trinajstić information content (AvgIpc) is 3.83. The molecule has 22 heteroatoms. The Labute approximate surface area is 446 Å². The second-order valence-electron chi connectivity index (χ2n) is 22.7. The molecule has 3 rings (SSSR count). The largest absolute Gasteiger partial charge is 0.416 e. The molecule has 1 aromatic carbocycles. The van der Waals surface area contributed by atoms with Gasteiger partial charge in [0.25, 0.3) is 0 Å². The molecule has 0 aromatic heterocycles. The van der Waals surface area contributed by atoms with Crippen molar-refractivity contribution >= 4 is 53.2 Å². The highest BCUT2D eigenvalue weighted by Gasteiger charge is 2.47. The molecular formula is C54H86F3N9O10. The monoisotopic (exact) mass is 1080 g/mol. The maximum absolute atomic E-state index is 14.9. The molecular weight excluding hydrogens is 992 g/mol. The fourth-order valence-electron chi connectivity index (χ4n) is 9.91. The Hall–Kier alpha value is -5.80. The van der Waals surface area contributed by atoms with Crippen LogP contribution >= 0.6 is 0 Å². The molecule has 2 fully saturated rings. The summed E-state index contributed by atoms with van der Waals surface area (Å²) in [6.07, 6.45) is -3.61. The second-order valence-corrected chi connectivity index (χ2v) is 22.7. The van der Waals surface area contributed by atoms with Gasteiger partial charge >= 0.3 is 6.18 Å². The van der Waals surface area contributed by atoms with Gasteiger partial charge in [-0.15, -0.1) is 0 Å². The number of primary amides is 1. The summed E-state index contributed by atoms with van der Waals surface area (Å²) in [6, 6.07) is -3.99. The Morgan fingerprint density at radius 1 is 0.711 bits per heavy atom. The van der Waals surface area contributed by atoms with Gasteiger partial charge in [0.05, 0.1) is 18.1 Å². The van der Waals surface area contributed by atoms with E-state index in [-0.39, 0.29) is 73.8 Å². The first kappa shape index (κ1) is 64.5. The fraction of sp³-hybridized carbons (Fsp3) is 0.722. The average molecular weight is 1080 g/mol. The van der Waals surface area contributed by atoms with Crippen LogP contribution in [0.15, 0.2) is 24.3 Å². The molecule has 2 aliphatic heterocycles. The normalized spacial score (nSPS) is 18.2. The van der Waals surface area contributed by atoms with Crippen LogP contribution in [0.4, 0.5) is 13.2 Å². The molecule has 7 N–H and O–H groups in total. The zero-order valence-corrected chi connectivity index (χ0v) is 46.7. The predicted octanol–water partition coefficient (Wildman–Crippen LogP) is 3.68. The molecule has 0 radical (unpaired) electrons. The van der Waals surface area contributed by atoms with E-state index in [1.165, 1.54) is 37.7 Å². The summed E-state index contributed by atoms with van der Waals surface area (Å²) in [5, 5.41) is 21.6. The lowest BCUT2D eigenvalue weighted by atomic mass is 9.87. The van der Waals surface area contributed by atoms with Crippen molar-refractivity contribution in [2.75, 3.05) is 33.7 Å². The van der Waals surface area contributed by atoms with E-state index < -0.39 is 120 Å². The Balaban J connectivity index is 2.01. The smallest absolute Gasteiger partial charge is 0.391 e. The van der Waals surface area contributed by atoms with E-state index in [9.17, 15) is 61.4 Å². The molecule has 2 saturated heterocycles. The number of rotatable bonds is 26. The van der Waals surface area contributed by atoms with E-state index in [1.807, 2.05) is 27.7 Å². The Morgan fingerprint density at radius 3 is 1.80 bits per heavy atom. The molecule has 2 unspecified atom stereocenters. The van der Waals surface area contributed by atoms with Gasteiger partial charge in [-0.2, -0.15) is 13.2 Å². The Morgan fingerprint density at radius 2 is 1.29 bits per heavy atom. The van der Waals surface area contributed by atoms with Gasteiger partial charge in [-0.25, -0.2) is 0 Å². The van der Waals surface area contributed by atoms with E-state index in [0.29, 0.717) is 19.5 Å². The van der Waals surface area contributed by atoms with Crippen LogP contribution in [-0.2, 0) is 55.7 Å². The number of aliphatic hydroxyl groups excluding tert-OH is 1. The van der Waals surface area contributed by atoms with Gasteiger partial charge < -0.3 is 51.7 Å². The van der Waals surface area contributed by atoms with Crippen molar-refractivity contribution in [2.45, 2.75) is 194 Å². The molecule has 2 heterocycles. The summed E-state index contributed by atoms with van der Waals surface area (Å²) in [7, 11) is 2.67. The Bertz CT molecular complexity index is 2180. The molecule has 1 aromatic rings. The highest BCUT2D eigenvalue weighted by atomic mass is 19.4. The van der Waals surface area contributed by atoms with Crippen molar-refractivity contribution in [2.24, 2.45) is 29.4 Å². The summed E-state index contributed by atoms with van der Waals surface area (Å²) >= 11 is 0. The van der Waals surface area contributed by atoms with Crippen LogP contribution in [0.3, 0.4) is 0 Å². The number of nitrogens with one attached hydrogen (secondary N) is 4. The molecule has 76 heavy (non-hydrogen) atoms. The number of likely N-dealkylation sites (N-methyl/N-ethyl adjacent to an activating group) is 2. The number of aliphatic hydroxyl groups is 1. The molecule has 2 aliphatic rings. The highest BCUT2D eigenvalue weighted by Crippen LogP contribution is 2.31. The minimum atomic E-state index is -4.68. The van der Waals surface area contributed by atoms with Crippen molar-refractivity contribution in [1.82, 2.24) is 40.9 Å². The van der Waals surface area contributed by atoms with E-state index in [2.05, 4.69) is 21.3 Å². The number of amides is 9. The number of nitrogens with two attached hydrogens (primary N) is 1. The van der Waals surface area contributed by atoms with Crippen LogP contribution in [0.25, 0.3) is 0 Å². The van der Waals surface area contributed by atoms with Gasteiger partial charge in [0.15, 0.2) is 0 Å². The lowest BCUT2D eigenvalue weighted by Crippen LogP contribution is -2.65. The van der Waals surface area contributed by atoms with E-state index >= 15 is 0 Å². The molecule has 9 amide bonds. The number of likely N-dealkylation sites (tertiary alicyclic amines) is 2. The summed E-state index contributed by atoms with van der Waals surface area (Å²) in [4.78, 5) is 131. The fourth-order valence-corrected chi connectivity index (χ4v) is 9.91. The maximum Gasteiger partial charge on any atom is 0.416 e. The number of carbonyl (C=O) groups is 9. The minimum absolute atomic E-state index is 0.00396. The number of hydrogen-bond donors (Lipinski definition) is 6. The van der Waals surface area contributed by atoms with E-state index in [0.717, 1.165) is 48.4 Å². The zero-order chi connectivity index (χ0) is 57.6. The highest BCUT2D eigenvalue weighted by molar-refractivity contribution is 5.99. The molecule has 428 valence electrons. The van der Waals surface area contributed by atoms with Crippen molar-refractivity contribution in [3.63, 3.8) is 0 Å². The van der Waals surface area contributed by atoms with Crippen molar-refractivity contribution in [3.05, 3.63) is 35.4 Å². The van der Waals surface area contributed by atoms with Crippen molar-refractivity contribution in [3.8, 4) is 0 Å². The quantitative estimate of drug-likeness (QED) is 0.0785. The summed E-state index contributed by atoms with van der Waals surface area (Å²) in [6.45, 7) is 18.4. The van der Waals surface area contributed by atoms with Gasteiger partial charge in [-0.1, -0.05) is 67.5 Å². The Kier molecular flexibility index (Phi) is 24.2. The third kappa shape index (κ3) is 18.5. The minimum Gasteiger partial charge on any atom is -0.391 e. The molecule has 19 nitrogen and oxygen atoms in total. The van der Waals surface area contributed by atoms with Gasteiger partial charge in [-0.05, 0) is 107 Å². The van der Waals surface area contributed by atoms with Crippen LogP contribution in [-0.4, -0.2) is 159 Å². The van der Waals surface area contributed by atoms with Crippen LogP contribution < -0.4 is 27.0 Å². The lowest BCUT2D eigenvalue weighted by Gasteiger charge is -2.42. The first-order valence-electron chi connectivity index (χ1n) is 26.8. The number of halogens is 3. The second kappa shape index (κ2) is 28.5. The number of nitrogens with zero attached hydrogens (tertiary/aromatic N) is 4. The van der Waals surface area contributed by atoms with Crippen LogP contribution in [0.2, 0.25) is 0 Å².